The summed E-state index contributed by atoms with van der Waals surface area (Å²) in [5.41, 5.74) is 7.16. The molecular weight excluding hydrogens is 212 g/mol. The van der Waals surface area contributed by atoms with E-state index in [2.05, 4.69) is 34.6 Å². The minimum atomic E-state index is 0.156. The van der Waals surface area contributed by atoms with Gasteiger partial charge in [0.1, 0.15) is 11.5 Å². The molecule has 2 atom stereocenters. The molecule has 0 amide bonds. The molecule has 0 saturated heterocycles. The van der Waals surface area contributed by atoms with Crippen molar-refractivity contribution in [3.05, 3.63) is 30.6 Å². The number of rotatable bonds is 2. The Hall–Kier alpha value is -1.55. The van der Waals surface area contributed by atoms with Gasteiger partial charge in [0.15, 0.2) is 0 Å². The molecular formula is C13H18N4. The molecule has 1 aliphatic carbocycles. The predicted molar refractivity (Wildman–Crippen MR) is 69.0 cm³/mol. The number of anilines is 1. The highest BCUT2D eigenvalue weighted by Gasteiger charge is 2.46. The van der Waals surface area contributed by atoms with Crippen molar-refractivity contribution < 1.29 is 0 Å². The lowest BCUT2D eigenvalue weighted by atomic mass is 9.63. The number of hydrogen-bond donors (Lipinski definition) is 2. The van der Waals surface area contributed by atoms with Crippen molar-refractivity contribution >= 4 is 11.5 Å². The summed E-state index contributed by atoms with van der Waals surface area (Å²) >= 11 is 0. The summed E-state index contributed by atoms with van der Waals surface area (Å²) in [5.74, 6) is 1.09. The number of nitrogens with two attached hydrogens (primary N) is 1. The maximum Gasteiger partial charge on any atom is 0.138 e. The van der Waals surface area contributed by atoms with E-state index in [0.717, 1.165) is 17.9 Å². The van der Waals surface area contributed by atoms with Crippen LogP contribution in [-0.4, -0.2) is 21.5 Å². The van der Waals surface area contributed by atoms with E-state index < -0.39 is 0 Å². The lowest BCUT2D eigenvalue weighted by Gasteiger charge is -2.50. The molecule has 2 aromatic rings. The summed E-state index contributed by atoms with van der Waals surface area (Å²) in [6, 6.07) is 6.83. The van der Waals surface area contributed by atoms with Crippen LogP contribution in [0.3, 0.4) is 0 Å². The molecule has 0 aromatic carbocycles. The van der Waals surface area contributed by atoms with Crippen molar-refractivity contribution in [2.45, 2.75) is 32.4 Å². The van der Waals surface area contributed by atoms with Crippen molar-refractivity contribution in [1.29, 1.82) is 0 Å². The first-order valence-electron chi connectivity index (χ1n) is 6.03. The van der Waals surface area contributed by atoms with Crippen molar-refractivity contribution in [1.82, 2.24) is 9.38 Å². The maximum absolute atomic E-state index is 6.03. The topological polar surface area (TPSA) is 55.3 Å². The van der Waals surface area contributed by atoms with Crippen LogP contribution in [-0.2, 0) is 0 Å². The van der Waals surface area contributed by atoms with Gasteiger partial charge in [-0.05, 0) is 18.6 Å². The van der Waals surface area contributed by atoms with Gasteiger partial charge in [-0.15, -0.1) is 0 Å². The van der Waals surface area contributed by atoms with Crippen LogP contribution in [0.1, 0.15) is 20.3 Å². The fraction of sp³-hybridized carbons (Fsp3) is 0.462. The highest BCUT2D eigenvalue weighted by molar-refractivity contribution is 5.50. The van der Waals surface area contributed by atoms with E-state index in [1.807, 2.05) is 24.5 Å². The van der Waals surface area contributed by atoms with Crippen LogP contribution in [0.5, 0.6) is 0 Å². The largest absolute Gasteiger partial charge is 0.368 e. The Labute approximate surface area is 101 Å². The molecule has 0 bridgehead atoms. The summed E-state index contributed by atoms with van der Waals surface area (Å²) in [6.07, 6.45) is 4.82. The van der Waals surface area contributed by atoms with Gasteiger partial charge in [0.25, 0.3) is 0 Å². The second-order valence-corrected chi connectivity index (χ2v) is 5.43. The highest BCUT2D eigenvalue weighted by Crippen LogP contribution is 2.40. The van der Waals surface area contributed by atoms with Crippen LogP contribution >= 0.6 is 0 Å². The molecule has 1 saturated carbocycles. The smallest absolute Gasteiger partial charge is 0.138 e. The summed E-state index contributed by atoms with van der Waals surface area (Å²) < 4.78 is 2.07. The van der Waals surface area contributed by atoms with Crippen LogP contribution < -0.4 is 11.1 Å². The Morgan fingerprint density at radius 1 is 1.47 bits per heavy atom. The summed E-state index contributed by atoms with van der Waals surface area (Å²) in [4.78, 5) is 4.28. The third-order valence-electron chi connectivity index (χ3n) is 4.09. The van der Waals surface area contributed by atoms with Gasteiger partial charge in [0.2, 0.25) is 0 Å². The van der Waals surface area contributed by atoms with Crippen molar-refractivity contribution in [3.63, 3.8) is 0 Å². The first-order chi connectivity index (χ1) is 8.09. The minimum Gasteiger partial charge on any atom is -0.368 e. The maximum atomic E-state index is 6.03. The zero-order valence-corrected chi connectivity index (χ0v) is 10.2. The Bertz CT molecular complexity index is 543. The average molecular weight is 230 g/mol. The predicted octanol–water partition coefficient (Wildman–Crippen LogP) is 1.87. The molecule has 1 fully saturated rings. The van der Waals surface area contributed by atoms with Gasteiger partial charge in [0, 0.05) is 29.9 Å². The van der Waals surface area contributed by atoms with E-state index in [9.17, 15) is 0 Å². The number of pyridine rings is 1. The van der Waals surface area contributed by atoms with Gasteiger partial charge < -0.3 is 11.1 Å². The van der Waals surface area contributed by atoms with E-state index in [0.29, 0.717) is 12.1 Å². The summed E-state index contributed by atoms with van der Waals surface area (Å²) in [5, 5.41) is 3.57. The number of nitrogens with one attached hydrogen (secondary N) is 1. The van der Waals surface area contributed by atoms with Crippen LogP contribution in [0.15, 0.2) is 30.6 Å². The fourth-order valence-electron chi connectivity index (χ4n) is 2.45. The molecule has 0 aliphatic heterocycles. The monoisotopic (exact) mass is 230 g/mol. The Balaban J connectivity index is 1.89. The van der Waals surface area contributed by atoms with Gasteiger partial charge in [-0.2, -0.15) is 0 Å². The summed E-state index contributed by atoms with van der Waals surface area (Å²) in [6.45, 7) is 4.43. The van der Waals surface area contributed by atoms with E-state index >= 15 is 0 Å². The van der Waals surface area contributed by atoms with E-state index in [1.165, 1.54) is 0 Å². The number of hydrogen-bond acceptors (Lipinski definition) is 3. The number of aromatic nitrogens is 2. The molecule has 4 heteroatoms. The molecule has 3 N–H and O–H groups in total. The normalized spacial score (nSPS) is 26.8. The van der Waals surface area contributed by atoms with Crippen LogP contribution in [0.2, 0.25) is 0 Å². The molecule has 2 heterocycles. The first kappa shape index (κ1) is 10.6. The Morgan fingerprint density at radius 3 is 3.00 bits per heavy atom. The van der Waals surface area contributed by atoms with E-state index in [-0.39, 0.29) is 5.41 Å². The van der Waals surface area contributed by atoms with Crippen molar-refractivity contribution in [2.75, 3.05) is 5.32 Å². The molecule has 2 unspecified atom stereocenters. The summed E-state index contributed by atoms with van der Waals surface area (Å²) in [7, 11) is 0. The van der Waals surface area contributed by atoms with Crippen molar-refractivity contribution in [2.24, 2.45) is 11.1 Å². The second-order valence-electron chi connectivity index (χ2n) is 5.43. The van der Waals surface area contributed by atoms with Crippen LogP contribution in [0.25, 0.3) is 5.65 Å². The Kier molecular flexibility index (Phi) is 2.16. The minimum absolute atomic E-state index is 0.156. The molecule has 3 rings (SSSR count). The van der Waals surface area contributed by atoms with Gasteiger partial charge >= 0.3 is 0 Å². The fourth-order valence-corrected chi connectivity index (χ4v) is 2.45. The third-order valence-corrected chi connectivity index (χ3v) is 4.09. The molecule has 17 heavy (non-hydrogen) atoms. The quantitative estimate of drug-likeness (QED) is 0.828. The molecule has 0 spiro atoms. The van der Waals surface area contributed by atoms with E-state index in [4.69, 9.17) is 5.73 Å². The SMILES string of the molecule is CC1(C)C(N)CC1Nc1cccc2nccn12. The zero-order chi connectivity index (χ0) is 12.0. The zero-order valence-electron chi connectivity index (χ0n) is 10.2. The molecule has 0 radical (unpaired) electrons. The number of imidazole rings is 1. The third kappa shape index (κ3) is 1.52. The standard InChI is InChI=1S/C13H18N4/c1-13(2)9(14)8-10(13)16-12-5-3-4-11-15-6-7-17(11)12/h3-7,9-10,16H,8,14H2,1-2H3. The second kappa shape index (κ2) is 3.47. The van der Waals surface area contributed by atoms with Gasteiger partial charge in [-0.25, -0.2) is 4.98 Å². The van der Waals surface area contributed by atoms with Crippen LogP contribution in [0, 0.1) is 5.41 Å². The molecule has 1 aliphatic rings. The lowest BCUT2D eigenvalue weighted by molar-refractivity contribution is 0.117. The molecule has 2 aromatic heterocycles. The van der Waals surface area contributed by atoms with Crippen LogP contribution in [0.4, 0.5) is 5.82 Å². The number of nitrogens with zero attached hydrogens (tertiary/aromatic N) is 2. The highest BCUT2D eigenvalue weighted by atomic mass is 15.1. The molecule has 90 valence electrons. The van der Waals surface area contributed by atoms with Gasteiger partial charge in [-0.1, -0.05) is 19.9 Å². The average Bonchev–Trinajstić information content (AvgIpc) is 2.77. The van der Waals surface area contributed by atoms with Crippen molar-refractivity contribution in [3.8, 4) is 0 Å². The lowest BCUT2D eigenvalue weighted by Crippen LogP contribution is -2.61. The van der Waals surface area contributed by atoms with Gasteiger partial charge in [-0.3, -0.25) is 4.40 Å². The first-order valence-corrected chi connectivity index (χ1v) is 6.03. The molecule has 4 nitrogen and oxygen atoms in total. The Morgan fingerprint density at radius 2 is 2.29 bits per heavy atom. The van der Waals surface area contributed by atoms with E-state index in [1.54, 1.807) is 0 Å². The number of fused-ring (bicyclic) bond motifs is 1. The van der Waals surface area contributed by atoms with Gasteiger partial charge in [0.05, 0.1) is 0 Å².